The van der Waals surface area contributed by atoms with E-state index in [2.05, 4.69) is 73.8 Å². The Morgan fingerprint density at radius 2 is 1.54 bits per heavy atom. The smallest absolute Gasteiger partial charge is 0.265 e. The molecule has 0 radical (unpaired) electrons. The molecule has 0 amide bonds. The second-order valence-corrected chi connectivity index (χ2v) is 24.0. The van der Waals surface area contributed by atoms with Crippen LogP contribution >= 0.6 is 0 Å². The average Bonchev–Trinajstić information content (AvgIpc) is 3.77. The van der Waals surface area contributed by atoms with E-state index in [1.165, 1.54) is 23.9 Å². The number of aromatic amines is 1. The van der Waals surface area contributed by atoms with Crippen LogP contribution in [0.25, 0.3) is 17.0 Å². The van der Waals surface area contributed by atoms with E-state index >= 15 is 4.39 Å². The van der Waals surface area contributed by atoms with Gasteiger partial charge in [0.2, 0.25) is 5.65 Å². The number of fused-ring (bicyclic) bond motifs is 1. The van der Waals surface area contributed by atoms with Crippen molar-refractivity contribution in [1.82, 2.24) is 19.8 Å². The number of benzene rings is 4. The van der Waals surface area contributed by atoms with Crippen molar-refractivity contribution in [2.75, 3.05) is 36.0 Å². The zero-order valence-electron chi connectivity index (χ0n) is 39.1. The van der Waals surface area contributed by atoms with E-state index in [-0.39, 0.29) is 69.8 Å². The van der Waals surface area contributed by atoms with Gasteiger partial charge in [-0.05, 0) is 108 Å². The molecule has 67 heavy (non-hydrogen) atoms. The highest BCUT2D eigenvalue weighted by Gasteiger charge is 2.31. The number of methoxy groups -OCH3 is 1. The van der Waals surface area contributed by atoms with Crippen molar-refractivity contribution < 1.29 is 44.6 Å². The van der Waals surface area contributed by atoms with E-state index < -0.39 is 51.1 Å². The molecule has 4 aromatic carbocycles. The molecule has 0 spiro atoms. The number of phenols is 1. The summed E-state index contributed by atoms with van der Waals surface area (Å²) >= 11 is 0. The van der Waals surface area contributed by atoms with Gasteiger partial charge >= 0.3 is 0 Å². The maximum atomic E-state index is 15.7. The third-order valence-electron chi connectivity index (χ3n) is 10.2. The minimum Gasteiger partial charge on any atom is -0.506 e. The summed E-state index contributed by atoms with van der Waals surface area (Å²) < 4.78 is 113. The average molecular weight is 982 g/mol. The molecule has 0 fully saturated rings. The molecule has 2 aromatic heterocycles. The van der Waals surface area contributed by atoms with Gasteiger partial charge < -0.3 is 19.1 Å². The number of ether oxygens (including phenoxy) is 2. The van der Waals surface area contributed by atoms with Gasteiger partial charge in [-0.25, -0.2) is 30.4 Å². The summed E-state index contributed by atoms with van der Waals surface area (Å²) in [5.41, 5.74) is 2.06. The summed E-state index contributed by atoms with van der Waals surface area (Å²) in [4.78, 5) is 3.67. The Morgan fingerprint density at radius 1 is 0.851 bits per heavy atom. The summed E-state index contributed by atoms with van der Waals surface area (Å²) in [7, 11) is -11.0. The molecule has 0 saturated heterocycles. The molecule has 0 aliphatic rings. The number of anilines is 2. The second-order valence-electron chi connectivity index (χ2n) is 19.0. The van der Waals surface area contributed by atoms with Gasteiger partial charge in [-0.2, -0.15) is 8.99 Å². The third kappa shape index (κ3) is 12.2. The number of aryl methyl sites for hydroxylation is 1. The lowest BCUT2D eigenvalue weighted by Gasteiger charge is -2.34. The Kier molecular flexibility index (Phi) is 14.0. The first kappa shape index (κ1) is 50.5. The van der Waals surface area contributed by atoms with E-state index in [1.807, 2.05) is 27.7 Å². The van der Waals surface area contributed by atoms with Crippen LogP contribution in [0.3, 0.4) is 0 Å². The molecule has 0 aliphatic carbocycles. The second kappa shape index (κ2) is 18.6. The number of hydrogen-bond donors (Lipinski definition) is 5. The number of nitrogens with zero attached hydrogens (tertiary/aromatic N) is 6. The van der Waals surface area contributed by atoms with E-state index in [4.69, 9.17) is 9.47 Å². The number of H-pyrrole nitrogens is 1. The fourth-order valence-corrected chi connectivity index (χ4v) is 10.5. The molecule has 6 aromatic rings. The zero-order valence-corrected chi connectivity index (χ0v) is 41.5. The predicted octanol–water partition coefficient (Wildman–Crippen LogP) is 10.1. The molecular weight excluding hydrogens is 926 g/mol. The van der Waals surface area contributed by atoms with Crippen molar-refractivity contribution in [1.29, 1.82) is 0 Å². The van der Waals surface area contributed by atoms with E-state index in [9.17, 15) is 30.7 Å². The fraction of sp³-hybridized carbons (Fsp3) is 0.378. The van der Waals surface area contributed by atoms with Crippen molar-refractivity contribution in [3.05, 3.63) is 95.4 Å². The maximum Gasteiger partial charge on any atom is 0.265 e. The monoisotopic (exact) mass is 981 g/mol. The van der Waals surface area contributed by atoms with Crippen LogP contribution in [0.1, 0.15) is 78.6 Å². The quantitative estimate of drug-likeness (QED) is 0.0346. The third-order valence-corrected chi connectivity index (χ3v) is 13.5. The number of sulfonamides is 2. The Hall–Kier alpha value is -5.94. The first-order valence-electron chi connectivity index (χ1n) is 20.9. The van der Waals surface area contributed by atoms with Crippen LogP contribution in [0.15, 0.2) is 97.2 Å². The highest BCUT2D eigenvalue weighted by Crippen LogP contribution is 2.42. The van der Waals surface area contributed by atoms with E-state index in [1.54, 1.807) is 36.4 Å². The Labute approximate surface area is 390 Å². The van der Waals surface area contributed by atoms with Gasteiger partial charge in [-0.3, -0.25) is 14.5 Å². The zero-order chi connectivity index (χ0) is 49.5. The van der Waals surface area contributed by atoms with Crippen LogP contribution in [0.5, 0.6) is 11.5 Å². The highest BCUT2D eigenvalue weighted by atomic mass is 32.2. The first-order chi connectivity index (χ1) is 31.0. The van der Waals surface area contributed by atoms with E-state index in [0.29, 0.717) is 16.9 Å². The summed E-state index contributed by atoms with van der Waals surface area (Å²) in [6.07, 6.45) is 1.89. The highest BCUT2D eigenvalue weighted by molar-refractivity contribution is 7.93. The molecule has 1 atom stereocenters. The molecule has 6 rings (SSSR count). The molecule has 22 heteroatoms. The van der Waals surface area contributed by atoms with Gasteiger partial charge in [0.1, 0.15) is 28.7 Å². The van der Waals surface area contributed by atoms with E-state index in [0.717, 1.165) is 48.1 Å². The number of rotatable bonds is 16. The molecule has 0 saturated carbocycles. The number of azo groups is 1. The normalized spacial score (nSPS) is 13.8. The largest absolute Gasteiger partial charge is 0.506 e. The van der Waals surface area contributed by atoms with Gasteiger partial charge in [-0.1, -0.05) is 55.4 Å². The van der Waals surface area contributed by atoms with Crippen LogP contribution in [-0.4, -0.2) is 77.1 Å². The summed E-state index contributed by atoms with van der Waals surface area (Å²) in [5.74, 6) is -1.17. The maximum absolute atomic E-state index is 15.7. The molecule has 2 heterocycles. The topological polar surface area (TPSA) is 251 Å². The van der Waals surface area contributed by atoms with Gasteiger partial charge in [0.05, 0.1) is 34.3 Å². The summed E-state index contributed by atoms with van der Waals surface area (Å²) in [6, 6.07) is 16.1. The lowest BCUT2D eigenvalue weighted by atomic mass is 9.71. The molecule has 18 nitrogen and oxygen atoms in total. The number of hydrogen-bond acceptors (Lipinski definition) is 13. The Morgan fingerprint density at radius 3 is 2.15 bits per heavy atom. The number of halogens is 1. The van der Waals surface area contributed by atoms with Crippen LogP contribution in [0, 0.1) is 18.2 Å². The molecule has 1 unspecified atom stereocenters. The molecular formula is C45H56FN9O9S3. The summed E-state index contributed by atoms with van der Waals surface area (Å²) in [6.45, 7) is 18.1. The van der Waals surface area contributed by atoms with Crippen LogP contribution < -0.4 is 14.2 Å². The molecule has 0 aliphatic heterocycles. The van der Waals surface area contributed by atoms with Crippen LogP contribution in [0.2, 0.25) is 0 Å². The minimum absolute atomic E-state index is 0.0244. The van der Waals surface area contributed by atoms with Crippen LogP contribution in [-0.2, 0) is 45.6 Å². The number of nitrogens with one attached hydrogen (secondary N) is 3. The van der Waals surface area contributed by atoms with Gasteiger partial charge in [0.25, 0.3) is 20.0 Å². The van der Waals surface area contributed by atoms with Gasteiger partial charge in [-0.15, -0.1) is 15.3 Å². The van der Waals surface area contributed by atoms with Crippen molar-refractivity contribution in [2.45, 2.75) is 89.4 Å². The number of phenolic OH excluding ortho intramolecular Hbond substituents is 1. The lowest BCUT2D eigenvalue weighted by molar-refractivity contribution is 0.144. The Bertz CT molecular complexity index is 3210. The lowest BCUT2D eigenvalue weighted by Crippen LogP contribution is -2.26. The van der Waals surface area contributed by atoms with Gasteiger partial charge in [0.15, 0.2) is 27.3 Å². The van der Waals surface area contributed by atoms with Gasteiger partial charge in [0, 0.05) is 24.3 Å². The predicted molar refractivity (Wildman–Crippen MR) is 256 cm³/mol. The molecule has 0 bridgehead atoms. The van der Waals surface area contributed by atoms with Crippen molar-refractivity contribution in [2.24, 2.45) is 20.0 Å². The fourth-order valence-electron chi connectivity index (χ4n) is 7.74. The minimum atomic E-state index is -4.55. The Balaban J connectivity index is 1.27. The van der Waals surface area contributed by atoms with Crippen molar-refractivity contribution in [3.8, 4) is 22.9 Å². The number of aromatic nitrogens is 4. The SMILES string of the molecule is COCCOc1ccc(NS(=O)(=O)c2ccc(N=Nc3c(C(C)(C)C)[nH]n4nc(-c5ccc(N=S(C)(=O)O)cc5)nc34)c(F)c2)cc1S(=O)(=O)Nc1cc(C)c(C(C)(C)CC(C)(C)C)cc1O. The van der Waals surface area contributed by atoms with Crippen LogP contribution in [0.4, 0.5) is 32.8 Å². The first-order valence-corrected chi connectivity index (χ1v) is 25.7. The summed E-state index contributed by atoms with van der Waals surface area (Å²) in [5, 5.41) is 27.2. The molecule has 360 valence electrons. The number of aromatic hydroxyl groups is 1. The van der Waals surface area contributed by atoms with Crippen molar-refractivity contribution >= 4 is 64.1 Å². The van der Waals surface area contributed by atoms with Crippen molar-refractivity contribution in [3.63, 3.8) is 0 Å². The standard InChI is InChI=1S/C45H56FN9O9S3/c1-27-22-35(36(56)25-32(27)45(8,9)26-43(2,3)4)54-67(61,62)38-23-30(16-19-37(38)64-21-20-63-10)53-66(59,60)31-17-18-34(33(46)24-31)48-49-39-40(44(5,6)7)50-55-42(39)47-41(51-55)28-12-14-29(15-13-28)52-65(11,57)58/h12-19,22-25,50,53-54,56H,20-21,26H2,1-11H3,(H,52,57,58). The molecule has 5 N–H and O–H groups in total.